The summed E-state index contributed by atoms with van der Waals surface area (Å²) in [6.07, 6.45) is 3.52. The van der Waals surface area contributed by atoms with Crippen LogP contribution in [0, 0.1) is 17.8 Å². The Balaban J connectivity index is 1.79. The summed E-state index contributed by atoms with van der Waals surface area (Å²) >= 11 is 0. The Kier molecular flexibility index (Phi) is 3.15. The van der Waals surface area contributed by atoms with E-state index in [-0.39, 0.29) is 5.92 Å². The molecule has 1 aliphatic carbocycles. The quantitative estimate of drug-likeness (QED) is 0.711. The Morgan fingerprint density at radius 3 is 2.80 bits per heavy atom. The SMILES string of the molecule is CC(C)CC1CC1N1CCC(=O)C(C)C1. The van der Waals surface area contributed by atoms with E-state index in [2.05, 4.69) is 25.7 Å². The van der Waals surface area contributed by atoms with E-state index in [0.29, 0.717) is 5.78 Å². The minimum atomic E-state index is 0.277. The highest BCUT2D eigenvalue weighted by Crippen LogP contribution is 2.41. The topological polar surface area (TPSA) is 20.3 Å². The number of carbonyl (C=O) groups is 1. The Morgan fingerprint density at radius 1 is 1.47 bits per heavy atom. The maximum Gasteiger partial charge on any atom is 0.138 e. The maximum atomic E-state index is 11.4. The summed E-state index contributed by atoms with van der Waals surface area (Å²) < 4.78 is 0. The lowest BCUT2D eigenvalue weighted by molar-refractivity contribution is -0.125. The number of nitrogens with zero attached hydrogens (tertiary/aromatic N) is 1. The van der Waals surface area contributed by atoms with Crippen LogP contribution in [0.2, 0.25) is 0 Å². The molecule has 0 aromatic rings. The van der Waals surface area contributed by atoms with Gasteiger partial charge in [0.05, 0.1) is 0 Å². The number of piperidine rings is 1. The normalized spacial score (nSPS) is 37.3. The molecule has 2 heteroatoms. The Labute approximate surface area is 93.0 Å². The molecule has 0 spiro atoms. The van der Waals surface area contributed by atoms with Crippen LogP contribution in [-0.4, -0.2) is 29.8 Å². The van der Waals surface area contributed by atoms with Gasteiger partial charge in [0.2, 0.25) is 0 Å². The van der Waals surface area contributed by atoms with Crippen LogP contribution in [0.5, 0.6) is 0 Å². The van der Waals surface area contributed by atoms with Crippen LogP contribution >= 0.6 is 0 Å². The minimum absolute atomic E-state index is 0.277. The Hall–Kier alpha value is -0.370. The van der Waals surface area contributed by atoms with E-state index in [1.807, 2.05) is 0 Å². The minimum Gasteiger partial charge on any atom is -0.299 e. The highest BCUT2D eigenvalue weighted by molar-refractivity contribution is 5.81. The van der Waals surface area contributed by atoms with Crippen molar-refractivity contribution in [1.82, 2.24) is 4.90 Å². The highest BCUT2D eigenvalue weighted by atomic mass is 16.1. The lowest BCUT2D eigenvalue weighted by Crippen LogP contribution is -2.41. The summed E-state index contributed by atoms with van der Waals surface area (Å²) in [5.74, 6) is 2.49. The first-order valence-corrected chi connectivity index (χ1v) is 6.34. The van der Waals surface area contributed by atoms with Crippen molar-refractivity contribution >= 4 is 5.78 Å². The molecule has 0 N–H and O–H groups in total. The summed E-state index contributed by atoms with van der Waals surface area (Å²) in [4.78, 5) is 14.0. The first-order valence-electron chi connectivity index (χ1n) is 6.34. The fourth-order valence-corrected chi connectivity index (χ4v) is 2.88. The average molecular weight is 209 g/mol. The van der Waals surface area contributed by atoms with Crippen molar-refractivity contribution in [3.8, 4) is 0 Å². The van der Waals surface area contributed by atoms with Crippen LogP contribution < -0.4 is 0 Å². The van der Waals surface area contributed by atoms with Crippen molar-refractivity contribution in [2.24, 2.45) is 17.8 Å². The van der Waals surface area contributed by atoms with Crippen molar-refractivity contribution in [1.29, 1.82) is 0 Å². The average Bonchev–Trinajstić information content (AvgIpc) is 2.88. The second-order valence-electron chi connectivity index (χ2n) is 5.80. The van der Waals surface area contributed by atoms with Crippen LogP contribution in [0.4, 0.5) is 0 Å². The van der Waals surface area contributed by atoms with E-state index in [4.69, 9.17) is 0 Å². The number of Topliss-reactive ketones (excluding diaryl/α,β-unsaturated/α-hetero) is 1. The van der Waals surface area contributed by atoms with E-state index < -0.39 is 0 Å². The summed E-state index contributed by atoms with van der Waals surface area (Å²) in [5, 5.41) is 0. The van der Waals surface area contributed by atoms with Crippen LogP contribution in [0.3, 0.4) is 0 Å². The summed E-state index contributed by atoms with van der Waals surface area (Å²) in [6, 6.07) is 0.808. The van der Waals surface area contributed by atoms with E-state index in [1.165, 1.54) is 12.8 Å². The van der Waals surface area contributed by atoms with Gasteiger partial charge in [-0.3, -0.25) is 9.69 Å². The number of ketones is 1. The van der Waals surface area contributed by atoms with Gasteiger partial charge in [-0.25, -0.2) is 0 Å². The monoisotopic (exact) mass is 209 g/mol. The molecular weight excluding hydrogens is 186 g/mol. The van der Waals surface area contributed by atoms with Gasteiger partial charge in [0, 0.05) is 31.5 Å². The molecule has 2 fully saturated rings. The van der Waals surface area contributed by atoms with Gasteiger partial charge in [0.25, 0.3) is 0 Å². The summed E-state index contributed by atoms with van der Waals surface area (Å²) in [7, 11) is 0. The number of hydrogen-bond acceptors (Lipinski definition) is 2. The van der Waals surface area contributed by atoms with E-state index >= 15 is 0 Å². The molecule has 1 heterocycles. The zero-order valence-corrected chi connectivity index (χ0v) is 10.2. The molecule has 15 heavy (non-hydrogen) atoms. The van der Waals surface area contributed by atoms with Gasteiger partial charge in [-0.05, 0) is 24.7 Å². The van der Waals surface area contributed by atoms with Gasteiger partial charge in [-0.15, -0.1) is 0 Å². The predicted octanol–water partition coefficient (Wildman–Crippen LogP) is 2.33. The molecule has 0 amide bonds. The lowest BCUT2D eigenvalue weighted by Gasteiger charge is -2.30. The Bertz CT molecular complexity index is 249. The largest absolute Gasteiger partial charge is 0.299 e. The number of carbonyl (C=O) groups excluding carboxylic acids is 1. The number of rotatable bonds is 3. The van der Waals surface area contributed by atoms with Crippen molar-refractivity contribution in [2.75, 3.05) is 13.1 Å². The number of likely N-dealkylation sites (tertiary alicyclic amines) is 1. The predicted molar refractivity (Wildman–Crippen MR) is 61.7 cm³/mol. The van der Waals surface area contributed by atoms with Gasteiger partial charge < -0.3 is 0 Å². The molecule has 2 nitrogen and oxygen atoms in total. The molecule has 0 bridgehead atoms. The highest BCUT2D eigenvalue weighted by Gasteiger charge is 2.43. The van der Waals surface area contributed by atoms with E-state index in [9.17, 15) is 4.79 Å². The third-order valence-corrected chi connectivity index (χ3v) is 3.83. The molecule has 1 saturated carbocycles. The summed E-state index contributed by atoms with van der Waals surface area (Å²) in [5.41, 5.74) is 0. The molecule has 0 radical (unpaired) electrons. The van der Waals surface area contributed by atoms with Crippen LogP contribution in [-0.2, 0) is 4.79 Å². The first kappa shape index (κ1) is 11.1. The molecule has 1 aliphatic heterocycles. The Morgan fingerprint density at radius 2 is 2.20 bits per heavy atom. The molecule has 86 valence electrons. The molecule has 2 rings (SSSR count). The van der Waals surface area contributed by atoms with Gasteiger partial charge in [0.15, 0.2) is 0 Å². The van der Waals surface area contributed by atoms with Crippen LogP contribution in [0.1, 0.15) is 40.0 Å². The van der Waals surface area contributed by atoms with Gasteiger partial charge in [0.1, 0.15) is 5.78 Å². The number of hydrogen-bond donors (Lipinski definition) is 0. The third-order valence-electron chi connectivity index (χ3n) is 3.83. The third kappa shape index (κ3) is 2.60. The van der Waals surface area contributed by atoms with E-state index in [0.717, 1.165) is 37.4 Å². The molecule has 3 unspecified atom stereocenters. The van der Waals surface area contributed by atoms with Crippen molar-refractivity contribution in [3.05, 3.63) is 0 Å². The smallest absolute Gasteiger partial charge is 0.138 e. The zero-order chi connectivity index (χ0) is 11.0. The van der Waals surface area contributed by atoms with Gasteiger partial charge >= 0.3 is 0 Å². The fraction of sp³-hybridized carbons (Fsp3) is 0.923. The van der Waals surface area contributed by atoms with Crippen molar-refractivity contribution in [3.63, 3.8) is 0 Å². The van der Waals surface area contributed by atoms with Gasteiger partial charge in [-0.1, -0.05) is 20.8 Å². The molecule has 3 atom stereocenters. The second kappa shape index (κ2) is 4.25. The van der Waals surface area contributed by atoms with Crippen LogP contribution in [0.15, 0.2) is 0 Å². The molecule has 2 aliphatic rings. The first-order chi connectivity index (χ1) is 7.08. The van der Waals surface area contributed by atoms with Crippen molar-refractivity contribution < 1.29 is 4.79 Å². The van der Waals surface area contributed by atoms with Crippen LogP contribution in [0.25, 0.3) is 0 Å². The van der Waals surface area contributed by atoms with Crippen molar-refractivity contribution in [2.45, 2.75) is 46.1 Å². The van der Waals surface area contributed by atoms with E-state index in [1.54, 1.807) is 0 Å². The molecular formula is C13H23NO. The molecule has 0 aromatic heterocycles. The molecule has 0 aromatic carbocycles. The maximum absolute atomic E-state index is 11.4. The second-order valence-corrected chi connectivity index (χ2v) is 5.80. The molecule has 1 saturated heterocycles. The van der Waals surface area contributed by atoms with Gasteiger partial charge in [-0.2, -0.15) is 0 Å². The fourth-order valence-electron chi connectivity index (χ4n) is 2.88. The lowest BCUT2D eigenvalue weighted by atomic mass is 9.98. The summed E-state index contributed by atoms with van der Waals surface area (Å²) in [6.45, 7) is 8.71. The zero-order valence-electron chi connectivity index (χ0n) is 10.2. The standard InChI is InChI=1S/C13H23NO/c1-9(2)6-11-7-12(11)14-5-4-13(15)10(3)8-14/h9-12H,4-8H2,1-3H3.